The van der Waals surface area contributed by atoms with Crippen LogP contribution in [-0.2, 0) is 27.5 Å². The maximum Gasteiger partial charge on any atom is 0.332 e. The van der Waals surface area contributed by atoms with Gasteiger partial charge in [-0.3, -0.25) is 34.7 Å². The van der Waals surface area contributed by atoms with Gasteiger partial charge in [-0.1, -0.05) is 30.3 Å². The van der Waals surface area contributed by atoms with Crippen LogP contribution in [0.1, 0.15) is 34.3 Å². The minimum Gasteiger partial charge on any atom is -0.478 e. The van der Waals surface area contributed by atoms with Crippen LogP contribution < -0.4 is 15.5 Å². The van der Waals surface area contributed by atoms with Gasteiger partial charge in [0.25, 0.3) is 11.6 Å². The fraction of sp³-hybridized carbons (Fsp3) is 0.240. The van der Waals surface area contributed by atoms with Crippen molar-refractivity contribution in [1.29, 1.82) is 0 Å². The number of nitro groups is 1. The van der Waals surface area contributed by atoms with Crippen LogP contribution in [0.3, 0.4) is 0 Å². The molecule has 0 aliphatic carbocycles. The van der Waals surface area contributed by atoms with Crippen molar-refractivity contribution in [1.82, 2.24) is 15.5 Å². The first-order valence-electron chi connectivity index (χ1n) is 11.6. The van der Waals surface area contributed by atoms with Crippen LogP contribution in [-0.4, -0.2) is 57.2 Å². The van der Waals surface area contributed by atoms with Crippen molar-refractivity contribution in [3.05, 3.63) is 80.4 Å². The van der Waals surface area contributed by atoms with Crippen molar-refractivity contribution in [2.24, 2.45) is 0 Å². The predicted molar refractivity (Wildman–Crippen MR) is 137 cm³/mol. The lowest BCUT2D eigenvalue weighted by molar-refractivity contribution is -0.384. The van der Waals surface area contributed by atoms with Gasteiger partial charge in [-0.05, 0) is 29.7 Å². The Balaban J connectivity index is 1.50. The van der Waals surface area contributed by atoms with Crippen LogP contribution >= 0.6 is 11.6 Å². The zero-order chi connectivity index (χ0) is 28.4. The third-order valence-corrected chi connectivity index (χ3v) is 6.54. The van der Waals surface area contributed by atoms with Crippen LogP contribution in [0, 0.1) is 10.1 Å². The third-order valence-electron chi connectivity index (χ3n) is 6.32. The molecule has 3 N–H and O–H groups in total. The lowest BCUT2D eigenvalue weighted by atomic mass is 10.0. The summed E-state index contributed by atoms with van der Waals surface area (Å²) >= 11 is 5.99. The molecule has 4 rings (SSSR count). The molecule has 1 unspecified atom stereocenters. The molecule has 1 fully saturated rings. The van der Waals surface area contributed by atoms with Gasteiger partial charge in [0.2, 0.25) is 11.8 Å². The zero-order valence-corrected chi connectivity index (χ0v) is 21.1. The van der Waals surface area contributed by atoms with Gasteiger partial charge in [0, 0.05) is 47.8 Å². The Kier molecular flexibility index (Phi) is 7.63. The second-order valence-corrected chi connectivity index (χ2v) is 9.41. The number of hydrogen-bond acceptors (Lipinski definition) is 7. The summed E-state index contributed by atoms with van der Waals surface area (Å²) in [4.78, 5) is 74.0. The van der Waals surface area contributed by atoms with Gasteiger partial charge in [-0.2, -0.15) is 0 Å². The number of imide groups is 1. The number of urea groups is 1. The highest BCUT2D eigenvalue weighted by Gasteiger charge is 2.39. The first kappa shape index (κ1) is 27.3. The molecular formula is C25H22ClN5O8. The molecule has 2 aliphatic heterocycles. The molecule has 2 aromatic rings. The molecule has 39 heavy (non-hydrogen) atoms. The average Bonchev–Trinajstić information content (AvgIpc) is 3.20. The molecule has 202 valence electrons. The van der Waals surface area contributed by atoms with E-state index in [4.69, 9.17) is 11.6 Å². The third kappa shape index (κ3) is 5.88. The number of nitrogens with zero attached hydrogens (tertiary/aromatic N) is 3. The summed E-state index contributed by atoms with van der Waals surface area (Å²) in [6.07, 6.45) is 0.362. The number of fused-ring (bicyclic) bond motifs is 1. The second-order valence-electron chi connectivity index (χ2n) is 8.97. The molecule has 0 bridgehead atoms. The Morgan fingerprint density at radius 2 is 1.97 bits per heavy atom. The number of non-ortho nitro benzene ring substituents is 1. The van der Waals surface area contributed by atoms with Crippen molar-refractivity contribution in [2.45, 2.75) is 32.0 Å². The molecule has 0 saturated carbocycles. The van der Waals surface area contributed by atoms with Gasteiger partial charge in [-0.15, -0.1) is 0 Å². The van der Waals surface area contributed by atoms with E-state index in [-0.39, 0.29) is 59.7 Å². The second kappa shape index (κ2) is 10.9. The summed E-state index contributed by atoms with van der Waals surface area (Å²) in [5, 5.41) is 25.4. The lowest BCUT2D eigenvalue weighted by Gasteiger charge is -2.29. The van der Waals surface area contributed by atoms with E-state index in [1.54, 1.807) is 18.2 Å². The van der Waals surface area contributed by atoms with E-state index in [2.05, 4.69) is 17.2 Å². The van der Waals surface area contributed by atoms with Gasteiger partial charge in [0.1, 0.15) is 6.04 Å². The molecule has 0 radical (unpaired) electrons. The van der Waals surface area contributed by atoms with Crippen LogP contribution in [0.2, 0.25) is 5.02 Å². The number of rotatable bonds is 8. The summed E-state index contributed by atoms with van der Waals surface area (Å²) in [5.74, 6) is -2.60. The number of hydrogen-bond donors (Lipinski definition) is 3. The number of carboxylic acid groups (broad SMARTS) is 1. The Labute approximate surface area is 226 Å². The quantitative estimate of drug-likeness (QED) is 0.192. The number of carbonyl (C=O) groups is 5. The van der Waals surface area contributed by atoms with Gasteiger partial charge < -0.3 is 15.3 Å². The predicted octanol–water partition coefficient (Wildman–Crippen LogP) is 2.37. The number of halogens is 1. The van der Waals surface area contributed by atoms with Crippen molar-refractivity contribution in [3.8, 4) is 0 Å². The molecule has 0 spiro atoms. The van der Waals surface area contributed by atoms with E-state index in [0.717, 1.165) is 17.0 Å². The Morgan fingerprint density at radius 1 is 1.23 bits per heavy atom. The van der Waals surface area contributed by atoms with Crippen LogP contribution in [0.5, 0.6) is 0 Å². The number of aliphatic carboxylic acids is 1. The summed E-state index contributed by atoms with van der Waals surface area (Å²) in [6.45, 7) is 3.08. The average molecular weight is 556 g/mol. The van der Waals surface area contributed by atoms with E-state index >= 15 is 0 Å². The Hall–Kier alpha value is -4.78. The Morgan fingerprint density at radius 3 is 2.64 bits per heavy atom. The molecular weight excluding hydrogens is 534 g/mol. The highest BCUT2D eigenvalue weighted by molar-refractivity contribution is 6.31. The minimum absolute atomic E-state index is 0.00599. The molecule has 14 heteroatoms. The SMILES string of the molecule is C=C(CN(C(=O)NCc1ccc2c(c1)CN(C1CCC(=O)NC1=O)C2=O)c1cc(Cl)cc([N+](=O)[O-])c1)C(=O)O. The maximum atomic E-state index is 13.1. The largest absolute Gasteiger partial charge is 0.478 e. The normalized spacial score (nSPS) is 16.4. The lowest BCUT2D eigenvalue weighted by Crippen LogP contribution is -2.52. The standard InChI is InChI=1S/C25H22ClN5O8/c1-13(24(35)36)11-29(17-7-16(26)8-18(9-17)31(38)39)25(37)27-10-14-2-3-19-15(6-14)12-30(23(19)34)20-4-5-21(32)28-22(20)33/h2-3,6-9,20H,1,4-5,10-12H2,(H,27,37)(H,35,36)(H,28,32,33). The van der Waals surface area contributed by atoms with Crippen molar-refractivity contribution < 1.29 is 34.0 Å². The highest BCUT2D eigenvalue weighted by atomic mass is 35.5. The zero-order valence-electron chi connectivity index (χ0n) is 20.3. The highest BCUT2D eigenvalue weighted by Crippen LogP contribution is 2.29. The van der Waals surface area contributed by atoms with Crippen molar-refractivity contribution in [2.75, 3.05) is 11.4 Å². The molecule has 2 aliphatic rings. The monoisotopic (exact) mass is 555 g/mol. The molecule has 1 saturated heterocycles. The maximum absolute atomic E-state index is 13.1. The number of piperidine rings is 1. The molecule has 2 heterocycles. The number of nitrogens with one attached hydrogen (secondary N) is 2. The van der Waals surface area contributed by atoms with E-state index in [0.29, 0.717) is 16.7 Å². The fourth-order valence-electron chi connectivity index (χ4n) is 4.37. The smallest absolute Gasteiger partial charge is 0.332 e. The number of carboxylic acids is 1. The summed E-state index contributed by atoms with van der Waals surface area (Å²) in [6, 6.07) is 6.84. The molecule has 2 aromatic carbocycles. The summed E-state index contributed by atoms with van der Waals surface area (Å²) in [7, 11) is 0. The van der Waals surface area contributed by atoms with Crippen LogP contribution in [0.4, 0.5) is 16.2 Å². The van der Waals surface area contributed by atoms with E-state index in [9.17, 15) is 39.2 Å². The number of amides is 5. The topological polar surface area (TPSA) is 179 Å². The molecule has 13 nitrogen and oxygen atoms in total. The van der Waals surface area contributed by atoms with E-state index in [1.807, 2.05) is 0 Å². The van der Waals surface area contributed by atoms with Gasteiger partial charge >= 0.3 is 12.0 Å². The van der Waals surface area contributed by atoms with Gasteiger partial charge in [-0.25, -0.2) is 9.59 Å². The van der Waals surface area contributed by atoms with Crippen molar-refractivity contribution in [3.63, 3.8) is 0 Å². The van der Waals surface area contributed by atoms with Crippen LogP contribution in [0.15, 0.2) is 48.6 Å². The van der Waals surface area contributed by atoms with E-state index < -0.39 is 35.4 Å². The molecule has 0 aromatic heterocycles. The first-order chi connectivity index (χ1) is 18.4. The molecule has 5 amide bonds. The minimum atomic E-state index is -1.35. The van der Waals surface area contributed by atoms with Crippen LogP contribution in [0.25, 0.3) is 0 Å². The summed E-state index contributed by atoms with van der Waals surface area (Å²) in [5.41, 5.74) is 0.915. The van der Waals surface area contributed by atoms with Crippen molar-refractivity contribution >= 4 is 52.7 Å². The summed E-state index contributed by atoms with van der Waals surface area (Å²) < 4.78 is 0. The number of nitro benzene ring substituents is 1. The van der Waals surface area contributed by atoms with Gasteiger partial charge in [0.05, 0.1) is 17.2 Å². The number of carbonyl (C=O) groups excluding carboxylic acids is 4. The Bertz CT molecular complexity index is 1440. The molecule has 1 atom stereocenters. The van der Waals surface area contributed by atoms with Gasteiger partial charge in [0.15, 0.2) is 0 Å². The fourth-order valence-corrected chi connectivity index (χ4v) is 4.59. The number of anilines is 1. The van der Waals surface area contributed by atoms with E-state index in [1.165, 1.54) is 11.0 Å². The number of benzene rings is 2. The first-order valence-corrected chi connectivity index (χ1v) is 12.0.